The van der Waals surface area contributed by atoms with Crippen molar-refractivity contribution in [2.24, 2.45) is 0 Å². The second-order valence-corrected chi connectivity index (χ2v) is 5.06. The molecular weight excluding hydrogens is 268 g/mol. The third-order valence-corrected chi connectivity index (χ3v) is 3.33. The van der Waals surface area contributed by atoms with Crippen molar-refractivity contribution in [2.75, 3.05) is 6.54 Å². The Bertz CT molecular complexity index is 633. The SMILES string of the molecule is Cc1cc(=O)cc(C)n1CC(=O)NCCCn1ccnc1. The summed E-state index contributed by atoms with van der Waals surface area (Å²) in [6.07, 6.45) is 6.24. The van der Waals surface area contributed by atoms with Gasteiger partial charge in [-0.25, -0.2) is 4.98 Å². The molecule has 0 fully saturated rings. The molecule has 0 radical (unpaired) electrons. The van der Waals surface area contributed by atoms with Crippen molar-refractivity contribution < 1.29 is 4.79 Å². The number of hydrogen-bond acceptors (Lipinski definition) is 3. The summed E-state index contributed by atoms with van der Waals surface area (Å²) in [5.41, 5.74) is 1.57. The molecule has 6 heteroatoms. The molecule has 0 bridgehead atoms. The molecule has 2 rings (SSSR count). The summed E-state index contributed by atoms with van der Waals surface area (Å²) >= 11 is 0. The maximum Gasteiger partial charge on any atom is 0.239 e. The van der Waals surface area contributed by atoms with Crippen LogP contribution in [0.5, 0.6) is 0 Å². The third-order valence-electron chi connectivity index (χ3n) is 3.33. The van der Waals surface area contributed by atoms with Gasteiger partial charge in [0.05, 0.1) is 6.33 Å². The van der Waals surface area contributed by atoms with E-state index in [2.05, 4.69) is 10.3 Å². The van der Waals surface area contributed by atoms with E-state index in [0.717, 1.165) is 24.4 Å². The molecule has 0 spiro atoms. The Hall–Kier alpha value is -2.37. The molecule has 0 aromatic carbocycles. The Morgan fingerprint density at radius 3 is 2.62 bits per heavy atom. The molecule has 0 unspecified atom stereocenters. The predicted octanol–water partition coefficient (Wildman–Crippen LogP) is 0.868. The molecule has 0 aliphatic heterocycles. The number of hydrogen-bond donors (Lipinski definition) is 1. The highest BCUT2D eigenvalue weighted by atomic mass is 16.2. The zero-order valence-electron chi connectivity index (χ0n) is 12.4. The van der Waals surface area contributed by atoms with Crippen LogP contribution in [0.1, 0.15) is 17.8 Å². The Balaban J connectivity index is 1.81. The molecule has 0 saturated heterocycles. The van der Waals surface area contributed by atoms with Crippen molar-refractivity contribution in [2.45, 2.75) is 33.4 Å². The van der Waals surface area contributed by atoms with Crippen molar-refractivity contribution in [3.05, 3.63) is 52.5 Å². The molecule has 6 nitrogen and oxygen atoms in total. The van der Waals surface area contributed by atoms with Crippen LogP contribution >= 0.6 is 0 Å². The van der Waals surface area contributed by atoms with Gasteiger partial charge in [-0.05, 0) is 20.3 Å². The molecular formula is C15H20N4O2. The molecule has 112 valence electrons. The first kappa shape index (κ1) is 15.0. The first-order valence-corrected chi connectivity index (χ1v) is 6.97. The monoisotopic (exact) mass is 288 g/mol. The average molecular weight is 288 g/mol. The van der Waals surface area contributed by atoms with Crippen LogP contribution in [0.3, 0.4) is 0 Å². The average Bonchev–Trinajstić information content (AvgIpc) is 2.92. The minimum Gasteiger partial charge on any atom is -0.354 e. The van der Waals surface area contributed by atoms with Gasteiger partial charge in [-0.15, -0.1) is 0 Å². The van der Waals surface area contributed by atoms with Crippen LogP contribution in [0.2, 0.25) is 0 Å². The van der Waals surface area contributed by atoms with Crippen molar-refractivity contribution >= 4 is 5.91 Å². The van der Waals surface area contributed by atoms with Crippen LogP contribution in [0.4, 0.5) is 0 Å². The third kappa shape index (κ3) is 4.30. The number of carbonyl (C=O) groups excluding carboxylic acids is 1. The quantitative estimate of drug-likeness (QED) is 0.802. The number of carbonyl (C=O) groups is 1. The number of amides is 1. The van der Waals surface area contributed by atoms with Crippen molar-refractivity contribution in [1.82, 2.24) is 19.4 Å². The second kappa shape index (κ2) is 6.88. The summed E-state index contributed by atoms with van der Waals surface area (Å²) in [6, 6.07) is 3.08. The van der Waals surface area contributed by atoms with E-state index >= 15 is 0 Å². The number of nitrogens with one attached hydrogen (secondary N) is 1. The van der Waals surface area contributed by atoms with Gasteiger partial charge in [-0.1, -0.05) is 0 Å². The summed E-state index contributed by atoms with van der Waals surface area (Å²) in [6.45, 7) is 5.36. The number of pyridine rings is 1. The summed E-state index contributed by atoms with van der Waals surface area (Å²) in [7, 11) is 0. The first-order chi connectivity index (χ1) is 10.1. The van der Waals surface area contributed by atoms with Crippen LogP contribution in [-0.4, -0.2) is 26.6 Å². The van der Waals surface area contributed by atoms with Crippen LogP contribution in [-0.2, 0) is 17.9 Å². The van der Waals surface area contributed by atoms with E-state index in [-0.39, 0.29) is 17.9 Å². The van der Waals surface area contributed by atoms with E-state index in [1.54, 1.807) is 24.7 Å². The fourth-order valence-electron chi connectivity index (χ4n) is 2.24. The molecule has 0 atom stereocenters. The minimum absolute atomic E-state index is 0.0259. The van der Waals surface area contributed by atoms with E-state index in [9.17, 15) is 9.59 Å². The fraction of sp³-hybridized carbons (Fsp3) is 0.400. The topological polar surface area (TPSA) is 68.9 Å². The van der Waals surface area contributed by atoms with Gasteiger partial charge in [0, 0.05) is 49.0 Å². The molecule has 2 aromatic rings. The maximum absolute atomic E-state index is 11.9. The van der Waals surface area contributed by atoms with Gasteiger partial charge in [0.2, 0.25) is 5.91 Å². The number of aryl methyl sites for hydroxylation is 3. The molecule has 0 aliphatic carbocycles. The van der Waals surface area contributed by atoms with E-state index in [1.807, 2.05) is 29.2 Å². The lowest BCUT2D eigenvalue weighted by Crippen LogP contribution is -2.30. The number of rotatable bonds is 6. The Morgan fingerprint density at radius 1 is 1.29 bits per heavy atom. The number of aromatic nitrogens is 3. The number of imidazole rings is 1. The standard InChI is InChI=1S/C15H20N4O2/c1-12-8-14(20)9-13(2)19(12)10-15(21)17-4-3-6-18-7-5-16-11-18/h5,7-9,11H,3-4,6,10H2,1-2H3,(H,17,21). The van der Waals surface area contributed by atoms with Crippen LogP contribution < -0.4 is 10.7 Å². The van der Waals surface area contributed by atoms with E-state index in [0.29, 0.717) is 6.54 Å². The summed E-state index contributed by atoms with van der Waals surface area (Å²) < 4.78 is 3.81. The highest BCUT2D eigenvalue weighted by molar-refractivity contribution is 5.75. The Morgan fingerprint density at radius 2 is 2.00 bits per heavy atom. The Kier molecular flexibility index (Phi) is 4.92. The van der Waals surface area contributed by atoms with Crippen molar-refractivity contribution in [3.63, 3.8) is 0 Å². The number of nitrogens with zero attached hydrogens (tertiary/aromatic N) is 3. The summed E-state index contributed by atoms with van der Waals surface area (Å²) in [5.74, 6) is -0.0459. The summed E-state index contributed by atoms with van der Waals surface area (Å²) in [4.78, 5) is 27.3. The maximum atomic E-state index is 11.9. The van der Waals surface area contributed by atoms with E-state index in [1.165, 1.54) is 0 Å². The van der Waals surface area contributed by atoms with Gasteiger partial charge < -0.3 is 14.5 Å². The van der Waals surface area contributed by atoms with Gasteiger partial charge in [0.1, 0.15) is 6.54 Å². The fourth-order valence-corrected chi connectivity index (χ4v) is 2.24. The van der Waals surface area contributed by atoms with E-state index in [4.69, 9.17) is 0 Å². The predicted molar refractivity (Wildman–Crippen MR) is 80.0 cm³/mol. The zero-order valence-corrected chi connectivity index (χ0v) is 12.4. The van der Waals surface area contributed by atoms with Gasteiger partial charge >= 0.3 is 0 Å². The minimum atomic E-state index is -0.0459. The van der Waals surface area contributed by atoms with Gasteiger partial charge in [-0.2, -0.15) is 0 Å². The molecule has 21 heavy (non-hydrogen) atoms. The lowest BCUT2D eigenvalue weighted by molar-refractivity contribution is -0.121. The molecule has 1 amide bonds. The summed E-state index contributed by atoms with van der Waals surface area (Å²) in [5, 5.41) is 2.89. The van der Waals surface area contributed by atoms with Gasteiger partial charge in [-0.3, -0.25) is 9.59 Å². The van der Waals surface area contributed by atoms with Crippen molar-refractivity contribution in [3.8, 4) is 0 Å². The highest BCUT2D eigenvalue weighted by Gasteiger charge is 2.06. The zero-order chi connectivity index (χ0) is 15.2. The van der Waals surface area contributed by atoms with Crippen LogP contribution in [0.25, 0.3) is 0 Å². The van der Waals surface area contributed by atoms with Crippen LogP contribution in [0.15, 0.2) is 35.6 Å². The largest absolute Gasteiger partial charge is 0.354 e. The molecule has 2 aromatic heterocycles. The molecule has 2 heterocycles. The second-order valence-electron chi connectivity index (χ2n) is 5.06. The normalized spacial score (nSPS) is 10.6. The smallest absolute Gasteiger partial charge is 0.239 e. The van der Waals surface area contributed by atoms with Gasteiger partial charge in [0.15, 0.2) is 5.43 Å². The molecule has 0 aliphatic rings. The highest BCUT2D eigenvalue weighted by Crippen LogP contribution is 2.01. The lowest BCUT2D eigenvalue weighted by atomic mass is 10.3. The lowest BCUT2D eigenvalue weighted by Gasteiger charge is -2.14. The first-order valence-electron chi connectivity index (χ1n) is 6.97. The van der Waals surface area contributed by atoms with Gasteiger partial charge in [0.25, 0.3) is 0 Å². The Labute approximate surface area is 123 Å². The van der Waals surface area contributed by atoms with E-state index < -0.39 is 0 Å². The molecule has 1 N–H and O–H groups in total. The van der Waals surface area contributed by atoms with Crippen LogP contribution in [0, 0.1) is 13.8 Å². The molecule has 0 saturated carbocycles. The van der Waals surface area contributed by atoms with Crippen molar-refractivity contribution in [1.29, 1.82) is 0 Å².